The summed E-state index contributed by atoms with van der Waals surface area (Å²) in [7, 11) is 5.15. The highest BCUT2D eigenvalue weighted by molar-refractivity contribution is 5.90. The van der Waals surface area contributed by atoms with Gasteiger partial charge in [-0.25, -0.2) is 13.8 Å². The van der Waals surface area contributed by atoms with Crippen molar-refractivity contribution in [2.45, 2.75) is 64.2 Å². The number of nitrogens with zero attached hydrogens (tertiary/aromatic N) is 5. The molecule has 2 aliphatic heterocycles. The van der Waals surface area contributed by atoms with Crippen LogP contribution >= 0.6 is 0 Å². The van der Waals surface area contributed by atoms with Crippen LogP contribution in [0, 0.1) is 11.6 Å². The number of pyridine rings is 1. The Bertz CT molecular complexity index is 2080. The van der Waals surface area contributed by atoms with E-state index in [1.54, 1.807) is 11.9 Å². The summed E-state index contributed by atoms with van der Waals surface area (Å²) in [4.78, 5) is 34.6. The van der Waals surface area contributed by atoms with Crippen LogP contribution < -0.4 is 10.1 Å². The Kier molecular flexibility index (Phi) is 9.71. The van der Waals surface area contributed by atoms with Gasteiger partial charge in [0.25, 0.3) is 0 Å². The summed E-state index contributed by atoms with van der Waals surface area (Å²) in [5.41, 5.74) is 8.31. The number of nitrogens with one attached hydrogen (secondary N) is 1. The highest BCUT2D eigenvalue weighted by Crippen LogP contribution is 2.47. The van der Waals surface area contributed by atoms with Gasteiger partial charge in [-0.15, -0.1) is 0 Å². The second-order valence-corrected chi connectivity index (χ2v) is 13.9. The molecule has 0 fully saturated rings. The molecule has 4 heterocycles. The van der Waals surface area contributed by atoms with Gasteiger partial charge in [0.15, 0.2) is 0 Å². The second kappa shape index (κ2) is 14.2. The van der Waals surface area contributed by atoms with Gasteiger partial charge < -0.3 is 19.7 Å². The van der Waals surface area contributed by atoms with Crippen molar-refractivity contribution < 1.29 is 27.8 Å². The van der Waals surface area contributed by atoms with Crippen LogP contribution in [0.2, 0.25) is 0 Å². The number of benzene rings is 2. The van der Waals surface area contributed by atoms with Crippen LogP contribution in [0.3, 0.4) is 0 Å². The smallest absolute Gasteiger partial charge is 0.246 e. The minimum absolute atomic E-state index is 0.0149. The van der Waals surface area contributed by atoms with E-state index in [4.69, 9.17) is 19.6 Å². The molecule has 52 heavy (non-hydrogen) atoms. The van der Waals surface area contributed by atoms with Gasteiger partial charge in [0.1, 0.15) is 29.7 Å². The number of aromatic nitrogens is 3. The number of methoxy groups -OCH3 is 1. The highest BCUT2D eigenvalue weighted by Gasteiger charge is 2.36. The van der Waals surface area contributed by atoms with Crippen LogP contribution in [0.25, 0.3) is 33.8 Å². The number of halogens is 2. The molecule has 2 amide bonds. The Labute approximate surface area is 302 Å². The molecule has 3 unspecified atom stereocenters. The molecule has 3 atom stereocenters. The van der Waals surface area contributed by atoms with E-state index in [9.17, 15) is 14.0 Å². The number of carbonyl (C=O) groups excluding carboxylic acids is 2. The summed E-state index contributed by atoms with van der Waals surface area (Å²) < 4.78 is 44.1. The lowest BCUT2D eigenvalue weighted by Crippen LogP contribution is -2.47. The number of hydrogen-bond acceptors (Lipinski definition) is 7. The van der Waals surface area contributed by atoms with Crippen LogP contribution in [0.1, 0.15) is 60.3 Å². The third-order valence-electron chi connectivity index (χ3n) is 10.7. The van der Waals surface area contributed by atoms with E-state index < -0.39 is 11.6 Å². The Morgan fingerprint density at radius 3 is 2.58 bits per heavy atom. The molecule has 2 aromatic carbocycles. The topological polar surface area (TPSA) is 102 Å². The minimum Gasteiger partial charge on any atom is -0.490 e. The monoisotopic (exact) mass is 710 g/mol. The van der Waals surface area contributed by atoms with Crippen molar-refractivity contribution in [2.24, 2.45) is 0 Å². The number of rotatable bonds is 9. The number of amides is 2. The Balaban J connectivity index is 1.45. The van der Waals surface area contributed by atoms with Crippen LogP contribution in [-0.2, 0) is 40.1 Å². The first-order chi connectivity index (χ1) is 25.0. The summed E-state index contributed by atoms with van der Waals surface area (Å²) in [5, 5.41) is 7.85. The van der Waals surface area contributed by atoms with Gasteiger partial charge in [-0.2, -0.15) is 5.10 Å². The van der Waals surface area contributed by atoms with E-state index >= 15 is 4.39 Å². The predicted octanol–water partition coefficient (Wildman–Crippen LogP) is 5.82. The second-order valence-electron chi connectivity index (χ2n) is 13.9. The maximum absolute atomic E-state index is 16.3. The van der Waals surface area contributed by atoms with Crippen molar-refractivity contribution in [1.29, 1.82) is 0 Å². The van der Waals surface area contributed by atoms with E-state index in [1.807, 2.05) is 37.7 Å². The van der Waals surface area contributed by atoms with Gasteiger partial charge in [0.05, 0.1) is 47.4 Å². The van der Waals surface area contributed by atoms with Crippen LogP contribution in [0.15, 0.2) is 49.1 Å². The third-order valence-corrected chi connectivity index (χ3v) is 10.7. The number of fused-ring (bicyclic) bond motifs is 3. The normalized spacial score (nSPS) is 19.5. The zero-order valence-electron chi connectivity index (χ0n) is 30.3. The largest absolute Gasteiger partial charge is 0.490 e. The van der Waals surface area contributed by atoms with Crippen LogP contribution in [0.5, 0.6) is 5.75 Å². The predicted molar refractivity (Wildman–Crippen MR) is 194 cm³/mol. The number of ether oxygens (including phenoxy) is 2. The van der Waals surface area contributed by atoms with Gasteiger partial charge >= 0.3 is 0 Å². The summed E-state index contributed by atoms with van der Waals surface area (Å²) in [6.07, 6.45) is 4.14. The summed E-state index contributed by atoms with van der Waals surface area (Å²) in [6.45, 7) is 9.02. The van der Waals surface area contributed by atoms with Gasteiger partial charge in [-0.3, -0.25) is 19.2 Å². The summed E-state index contributed by atoms with van der Waals surface area (Å²) in [6, 6.07) is 9.59. The average Bonchev–Trinajstić information content (AvgIpc) is 3.81. The molecule has 0 radical (unpaired) electrons. The molecule has 2 aromatic heterocycles. The summed E-state index contributed by atoms with van der Waals surface area (Å²) >= 11 is 0. The van der Waals surface area contributed by atoms with Gasteiger partial charge in [-0.05, 0) is 87.0 Å². The van der Waals surface area contributed by atoms with E-state index in [0.717, 1.165) is 58.1 Å². The Hall–Kier alpha value is -4.94. The van der Waals surface area contributed by atoms with Crippen molar-refractivity contribution in [3.63, 3.8) is 0 Å². The molecule has 1 aliphatic carbocycles. The fourth-order valence-electron chi connectivity index (χ4n) is 8.08. The standard InChI is InChI=1S/C40H44F2N6O4/c1-7-35(49)47-20-22(2)48-32(23(47)3)19-31(45-48)39-36(37-30(42)17-27(41)18-34(37)52-14-13-51-6)28-9-8-10-29(28)38(44-39)25-12-11-24-16-33(40(50)43-4)46(5)21-26(24)15-25/h7,11-12,15,17-19,22-23,33H,1,8-10,13-14,16,20-21H2,2-6H3,(H,43,50). The SMILES string of the molecule is C=CC(=O)N1CC(C)n2nc(-c3nc(-c4ccc5c(c4)CN(C)C(C(=O)NC)C5)c4c(c3-c3c(F)cc(F)cc3OCCOC)CCC4)cc2C1C. The average molecular weight is 711 g/mol. The van der Waals surface area contributed by atoms with Crippen LogP contribution in [0.4, 0.5) is 8.78 Å². The maximum atomic E-state index is 16.3. The van der Waals surface area contributed by atoms with E-state index in [0.29, 0.717) is 42.9 Å². The van der Waals surface area contributed by atoms with E-state index in [1.165, 1.54) is 19.3 Å². The fraction of sp³-hybridized carbons (Fsp3) is 0.400. The molecule has 7 rings (SSSR count). The van der Waals surface area contributed by atoms with E-state index in [-0.39, 0.29) is 54.5 Å². The summed E-state index contributed by atoms with van der Waals surface area (Å²) in [5.74, 6) is -1.62. The number of likely N-dealkylation sites (N-methyl/N-ethyl adjacent to an activating group) is 2. The first kappa shape index (κ1) is 35.5. The quantitative estimate of drug-likeness (QED) is 0.173. The zero-order valence-corrected chi connectivity index (χ0v) is 30.3. The lowest BCUT2D eigenvalue weighted by atomic mass is 9.88. The lowest BCUT2D eigenvalue weighted by molar-refractivity contribution is -0.129. The molecule has 3 aliphatic rings. The molecular formula is C40H44F2N6O4. The van der Waals surface area contributed by atoms with E-state index in [2.05, 4.69) is 28.9 Å². The van der Waals surface area contributed by atoms with Gasteiger partial charge in [0, 0.05) is 50.5 Å². The van der Waals surface area contributed by atoms with Crippen molar-refractivity contribution in [3.8, 4) is 39.5 Å². The van der Waals surface area contributed by atoms with Crippen molar-refractivity contribution in [2.75, 3.05) is 41.0 Å². The molecule has 0 spiro atoms. The minimum atomic E-state index is -0.756. The van der Waals surface area contributed by atoms with Gasteiger partial charge in [0.2, 0.25) is 11.8 Å². The van der Waals surface area contributed by atoms with Gasteiger partial charge in [-0.1, -0.05) is 18.7 Å². The molecule has 0 saturated carbocycles. The van der Waals surface area contributed by atoms with Crippen molar-refractivity contribution in [3.05, 3.63) is 88.6 Å². The molecule has 0 saturated heterocycles. The Morgan fingerprint density at radius 2 is 1.83 bits per heavy atom. The lowest BCUT2D eigenvalue weighted by Gasteiger charge is -2.36. The first-order valence-electron chi connectivity index (χ1n) is 17.8. The highest BCUT2D eigenvalue weighted by atomic mass is 19.1. The molecule has 12 heteroatoms. The molecule has 4 aromatic rings. The number of hydrogen-bond donors (Lipinski definition) is 1. The first-order valence-corrected chi connectivity index (χ1v) is 17.8. The third kappa shape index (κ3) is 6.17. The molecule has 1 N–H and O–H groups in total. The molecular weight excluding hydrogens is 666 g/mol. The number of carbonyl (C=O) groups is 2. The molecule has 10 nitrogen and oxygen atoms in total. The van der Waals surface area contributed by atoms with Crippen LogP contribution in [-0.4, -0.2) is 83.4 Å². The van der Waals surface area contributed by atoms with Crippen molar-refractivity contribution in [1.82, 2.24) is 29.9 Å². The zero-order chi connectivity index (χ0) is 36.8. The molecule has 272 valence electrons. The Morgan fingerprint density at radius 1 is 1.04 bits per heavy atom. The fourth-order valence-corrected chi connectivity index (χ4v) is 8.08. The maximum Gasteiger partial charge on any atom is 0.246 e. The van der Waals surface area contributed by atoms with Crippen molar-refractivity contribution >= 4 is 11.8 Å². The molecule has 0 bridgehead atoms.